The minimum Gasteiger partial charge on any atom is -0.462 e. The van der Waals surface area contributed by atoms with Gasteiger partial charge in [0.1, 0.15) is 5.82 Å². The molecule has 2 aromatic heterocycles. The summed E-state index contributed by atoms with van der Waals surface area (Å²) in [6.07, 6.45) is 3.51. The van der Waals surface area contributed by atoms with Crippen LogP contribution in [0.5, 0.6) is 0 Å². The van der Waals surface area contributed by atoms with E-state index in [1.807, 2.05) is 37.5 Å². The van der Waals surface area contributed by atoms with Crippen molar-refractivity contribution in [2.75, 3.05) is 17.7 Å². The van der Waals surface area contributed by atoms with E-state index in [0.717, 1.165) is 24.5 Å². The lowest BCUT2D eigenvalue weighted by Gasteiger charge is -2.11. The number of aryl methyl sites for hydroxylation is 2. The van der Waals surface area contributed by atoms with Crippen molar-refractivity contribution in [3.05, 3.63) is 95.6 Å². The van der Waals surface area contributed by atoms with E-state index in [-0.39, 0.29) is 17.6 Å². The normalized spacial score (nSPS) is 10.8. The molecule has 186 valence electrons. The Balaban J connectivity index is 1.41. The van der Waals surface area contributed by atoms with Crippen LogP contribution < -0.4 is 5.32 Å². The van der Waals surface area contributed by atoms with Crippen molar-refractivity contribution in [1.82, 2.24) is 19.3 Å². The highest BCUT2D eigenvalue weighted by molar-refractivity contribution is 7.99. The highest BCUT2D eigenvalue weighted by Crippen LogP contribution is 2.21. The number of carbonyl (C=O) groups is 2. The fourth-order valence-corrected chi connectivity index (χ4v) is 4.52. The molecule has 0 radical (unpaired) electrons. The van der Waals surface area contributed by atoms with Gasteiger partial charge in [-0.1, -0.05) is 42.1 Å². The Kier molecular flexibility index (Phi) is 8.57. The molecule has 0 bridgehead atoms. The van der Waals surface area contributed by atoms with Crippen molar-refractivity contribution >= 4 is 29.3 Å². The lowest BCUT2D eigenvalue weighted by molar-refractivity contribution is -0.113. The van der Waals surface area contributed by atoms with Crippen molar-refractivity contribution in [3.63, 3.8) is 0 Å². The van der Waals surface area contributed by atoms with Crippen molar-refractivity contribution < 1.29 is 14.3 Å². The fourth-order valence-electron chi connectivity index (χ4n) is 3.74. The fraction of sp³-hybridized carbons (Fsp3) is 0.259. The van der Waals surface area contributed by atoms with Gasteiger partial charge in [0, 0.05) is 37.6 Å². The van der Waals surface area contributed by atoms with E-state index < -0.39 is 0 Å². The molecule has 0 spiro atoms. The SMILES string of the molecule is CCOC(=O)c1ccc(NC(=O)CSc2nnc(Cc3cccn3C)n2CCc2ccccc2)cc1. The lowest BCUT2D eigenvalue weighted by atomic mass is 10.1. The standard InChI is InChI=1S/C27H29N5O3S/c1-3-35-26(34)21-11-13-22(14-12-21)28-25(33)19-36-27-30-29-24(18-23-10-7-16-31(23)2)32(27)17-15-20-8-5-4-6-9-20/h4-14,16H,3,15,17-19H2,1-2H3,(H,28,33). The van der Waals surface area contributed by atoms with Crippen LogP contribution in [-0.2, 0) is 36.0 Å². The maximum absolute atomic E-state index is 12.6. The third kappa shape index (κ3) is 6.63. The highest BCUT2D eigenvalue weighted by Gasteiger charge is 2.16. The molecule has 36 heavy (non-hydrogen) atoms. The molecule has 0 saturated heterocycles. The molecule has 0 aliphatic rings. The number of ether oxygens (including phenoxy) is 1. The Bertz CT molecular complexity index is 1300. The third-order valence-electron chi connectivity index (χ3n) is 5.66. The first-order chi connectivity index (χ1) is 17.5. The summed E-state index contributed by atoms with van der Waals surface area (Å²) >= 11 is 1.36. The van der Waals surface area contributed by atoms with Crippen LogP contribution in [-0.4, -0.2) is 43.6 Å². The van der Waals surface area contributed by atoms with Gasteiger partial charge >= 0.3 is 5.97 Å². The number of amides is 1. The first kappa shape index (κ1) is 25.2. The Morgan fingerprint density at radius 3 is 2.47 bits per heavy atom. The molecule has 0 aliphatic heterocycles. The average Bonchev–Trinajstić information content (AvgIpc) is 3.48. The Labute approximate surface area is 214 Å². The number of anilines is 1. The Morgan fingerprint density at radius 2 is 1.78 bits per heavy atom. The molecular weight excluding hydrogens is 474 g/mol. The topological polar surface area (TPSA) is 91.0 Å². The maximum atomic E-state index is 12.6. The minimum absolute atomic E-state index is 0.162. The zero-order valence-corrected chi connectivity index (χ0v) is 21.2. The van der Waals surface area contributed by atoms with Crippen LogP contribution in [0.2, 0.25) is 0 Å². The van der Waals surface area contributed by atoms with Gasteiger partial charge in [0.25, 0.3) is 0 Å². The summed E-state index contributed by atoms with van der Waals surface area (Å²) in [5, 5.41) is 12.4. The quantitative estimate of drug-likeness (QED) is 0.242. The largest absolute Gasteiger partial charge is 0.462 e. The lowest BCUT2D eigenvalue weighted by Crippen LogP contribution is -2.15. The Hall–Kier alpha value is -3.85. The second-order valence-electron chi connectivity index (χ2n) is 8.21. The van der Waals surface area contributed by atoms with E-state index in [9.17, 15) is 9.59 Å². The molecule has 8 nitrogen and oxygen atoms in total. The number of nitrogens with zero attached hydrogens (tertiary/aromatic N) is 4. The zero-order chi connectivity index (χ0) is 25.3. The molecule has 0 saturated carbocycles. The highest BCUT2D eigenvalue weighted by atomic mass is 32.2. The molecule has 0 aliphatic carbocycles. The summed E-state index contributed by atoms with van der Waals surface area (Å²) in [6, 6.07) is 21.0. The molecule has 1 amide bonds. The van der Waals surface area contributed by atoms with Crippen molar-refractivity contribution in [2.24, 2.45) is 7.05 Å². The summed E-state index contributed by atoms with van der Waals surface area (Å²) in [4.78, 5) is 24.4. The number of nitrogens with one attached hydrogen (secondary N) is 1. The number of esters is 1. The molecule has 2 aromatic carbocycles. The van der Waals surface area contributed by atoms with Crippen LogP contribution in [0, 0.1) is 0 Å². The van der Waals surface area contributed by atoms with Crippen LogP contribution >= 0.6 is 11.8 Å². The molecule has 9 heteroatoms. The first-order valence-corrected chi connectivity index (χ1v) is 12.8. The zero-order valence-electron chi connectivity index (χ0n) is 20.4. The Morgan fingerprint density at radius 1 is 1.00 bits per heavy atom. The smallest absolute Gasteiger partial charge is 0.338 e. The summed E-state index contributed by atoms with van der Waals surface area (Å²) in [7, 11) is 2.01. The van der Waals surface area contributed by atoms with E-state index >= 15 is 0 Å². The molecular formula is C27H29N5O3S. The summed E-state index contributed by atoms with van der Waals surface area (Å²) in [5.74, 6) is 0.510. The van der Waals surface area contributed by atoms with Gasteiger partial charge in [0.05, 0.1) is 17.9 Å². The third-order valence-corrected chi connectivity index (χ3v) is 6.63. The number of benzene rings is 2. The van der Waals surface area contributed by atoms with Crippen molar-refractivity contribution in [1.29, 1.82) is 0 Å². The maximum Gasteiger partial charge on any atom is 0.338 e. The van der Waals surface area contributed by atoms with Crippen LogP contribution in [0.4, 0.5) is 5.69 Å². The van der Waals surface area contributed by atoms with E-state index in [2.05, 4.69) is 42.8 Å². The molecule has 0 atom stereocenters. The molecule has 2 heterocycles. The predicted octanol–water partition coefficient (Wildman–Crippen LogP) is 4.36. The van der Waals surface area contributed by atoms with Crippen LogP contribution in [0.25, 0.3) is 0 Å². The molecule has 0 unspecified atom stereocenters. The van der Waals surface area contributed by atoms with E-state index in [1.165, 1.54) is 17.3 Å². The van der Waals surface area contributed by atoms with E-state index in [0.29, 0.717) is 29.4 Å². The molecule has 4 aromatic rings. The number of rotatable bonds is 11. The van der Waals surface area contributed by atoms with Crippen LogP contribution in [0.1, 0.15) is 34.4 Å². The van der Waals surface area contributed by atoms with Gasteiger partial charge in [-0.2, -0.15) is 0 Å². The number of carbonyl (C=O) groups excluding carboxylic acids is 2. The number of hydrogen-bond acceptors (Lipinski definition) is 6. The second kappa shape index (κ2) is 12.2. The molecule has 1 N–H and O–H groups in total. The summed E-state index contributed by atoms with van der Waals surface area (Å²) in [5.41, 5.74) is 3.44. The number of aromatic nitrogens is 4. The van der Waals surface area contributed by atoms with Gasteiger partial charge < -0.3 is 19.2 Å². The van der Waals surface area contributed by atoms with Crippen molar-refractivity contribution in [2.45, 2.75) is 31.5 Å². The van der Waals surface area contributed by atoms with Gasteiger partial charge in [0.15, 0.2) is 5.16 Å². The molecule has 4 rings (SSSR count). The van der Waals surface area contributed by atoms with Crippen LogP contribution in [0.15, 0.2) is 78.1 Å². The summed E-state index contributed by atoms with van der Waals surface area (Å²) < 4.78 is 9.17. The molecule has 0 fully saturated rings. The van der Waals surface area contributed by atoms with Gasteiger partial charge in [0.2, 0.25) is 5.91 Å². The average molecular weight is 504 g/mol. The van der Waals surface area contributed by atoms with Gasteiger partial charge in [-0.25, -0.2) is 4.79 Å². The first-order valence-electron chi connectivity index (χ1n) is 11.8. The second-order valence-corrected chi connectivity index (χ2v) is 9.15. The van der Waals surface area contributed by atoms with E-state index in [4.69, 9.17) is 4.74 Å². The van der Waals surface area contributed by atoms with Gasteiger partial charge in [-0.3, -0.25) is 4.79 Å². The number of thioether (sulfide) groups is 1. The summed E-state index contributed by atoms with van der Waals surface area (Å²) in [6.45, 7) is 2.80. The predicted molar refractivity (Wildman–Crippen MR) is 140 cm³/mol. The minimum atomic E-state index is -0.382. The van der Waals surface area contributed by atoms with Crippen LogP contribution in [0.3, 0.4) is 0 Å². The monoisotopic (exact) mass is 503 g/mol. The van der Waals surface area contributed by atoms with Gasteiger partial charge in [-0.05, 0) is 55.3 Å². The number of hydrogen-bond donors (Lipinski definition) is 1. The van der Waals surface area contributed by atoms with Gasteiger partial charge in [-0.15, -0.1) is 10.2 Å². The van der Waals surface area contributed by atoms with E-state index in [1.54, 1.807) is 31.2 Å². The van der Waals surface area contributed by atoms with Crippen molar-refractivity contribution in [3.8, 4) is 0 Å².